The van der Waals surface area contributed by atoms with E-state index in [1.54, 1.807) is 12.2 Å². The number of ether oxygens (including phenoxy) is 2. The predicted octanol–water partition coefficient (Wildman–Crippen LogP) is 6.16. The Balaban J connectivity index is 0.00000341. The smallest absolute Gasteiger partial charge is 0.416 e. The maximum Gasteiger partial charge on any atom is 0.416 e. The van der Waals surface area contributed by atoms with Crippen LogP contribution in [0.1, 0.15) is 16.7 Å². The molecular formula is C24H25ClF3NO2. The highest BCUT2D eigenvalue weighted by Gasteiger charge is 2.29. The van der Waals surface area contributed by atoms with Gasteiger partial charge in [-0.25, -0.2) is 0 Å². The van der Waals surface area contributed by atoms with Gasteiger partial charge >= 0.3 is 6.18 Å². The zero-order valence-corrected chi connectivity index (χ0v) is 18.0. The SMILES string of the molecule is CN(C/C=C/C=C/C=C/c1ccc(C(F)(F)F)cc1)Cc1ccc2c(c1)OCCO2.Cl. The van der Waals surface area contributed by atoms with Gasteiger partial charge in [0.1, 0.15) is 13.2 Å². The molecule has 1 aliphatic heterocycles. The van der Waals surface area contributed by atoms with Crippen LogP contribution in [0.15, 0.2) is 72.8 Å². The van der Waals surface area contributed by atoms with Gasteiger partial charge in [-0.15, -0.1) is 12.4 Å². The molecule has 0 unspecified atom stereocenters. The van der Waals surface area contributed by atoms with Crippen LogP contribution >= 0.6 is 12.4 Å². The first-order valence-corrected chi connectivity index (χ1v) is 9.66. The summed E-state index contributed by atoms with van der Waals surface area (Å²) >= 11 is 0. The molecular weight excluding hydrogens is 427 g/mol. The van der Waals surface area contributed by atoms with E-state index in [1.165, 1.54) is 12.1 Å². The minimum Gasteiger partial charge on any atom is -0.486 e. The van der Waals surface area contributed by atoms with Crippen LogP contribution in [0.4, 0.5) is 13.2 Å². The van der Waals surface area contributed by atoms with Crippen LogP contribution in [-0.4, -0.2) is 31.7 Å². The average molecular weight is 452 g/mol. The number of nitrogens with zero attached hydrogens (tertiary/aromatic N) is 1. The largest absolute Gasteiger partial charge is 0.486 e. The molecule has 1 heterocycles. The summed E-state index contributed by atoms with van der Waals surface area (Å²) in [5.74, 6) is 1.59. The summed E-state index contributed by atoms with van der Waals surface area (Å²) in [6, 6.07) is 11.1. The Bertz CT molecular complexity index is 921. The zero-order chi connectivity index (χ0) is 21.4. The number of halogens is 4. The van der Waals surface area contributed by atoms with Gasteiger partial charge in [-0.3, -0.25) is 4.90 Å². The van der Waals surface area contributed by atoms with Gasteiger partial charge in [0.05, 0.1) is 5.56 Å². The van der Waals surface area contributed by atoms with Crippen LogP contribution in [0.2, 0.25) is 0 Å². The van der Waals surface area contributed by atoms with Crippen molar-refractivity contribution in [3.8, 4) is 11.5 Å². The van der Waals surface area contributed by atoms with Gasteiger partial charge in [-0.05, 0) is 42.4 Å². The molecule has 0 amide bonds. The van der Waals surface area contributed by atoms with Crippen LogP contribution in [0, 0.1) is 0 Å². The maximum absolute atomic E-state index is 12.5. The van der Waals surface area contributed by atoms with Crippen molar-refractivity contribution in [2.24, 2.45) is 0 Å². The van der Waals surface area contributed by atoms with Crippen molar-refractivity contribution in [1.29, 1.82) is 0 Å². The second-order valence-corrected chi connectivity index (χ2v) is 6.97. The Hall–Kier alpha value is -2.70. The third kappa shape index (κ3) is 7.81. The number of hydrogen-bond donors (Lipinski definition) is 0. The molecule has 1 aliphatic rings. The molecule has 2 aromatic carbocycles. The van der Waals surface area contributed by atoms with E-state index in [-0.39, 0.29) is 12.4 Å². The fraction of sp³-hybridized carbons (Fsp3) is 0.250. The van der Waals surface area contributed by atoms with Crippen molar-refractivity contribution in [2.45, 2.75) is 12.7 Å². The number of likely N-dealkylation sites (N-methyl/N-ethyl adjacent to an activating group) is 1. The molecule has 0 fully saturated rings. The third-order valence-electron chi connectivity index (χ3n) is 4.47. The molecule has 0 bridgehead atoms. The van der Waals surface area contributed by atoms with E-state index < -0.39 is 11.7 Å². The van der Waals surface area contributed by atoms with Crippen molar-refractivity contribution < 1.29 is 22.6 Å². The number of benzene rings is 2. The predicted molar refractivity (Wildman–Crippen MR) is 120 cm³/mol. The highest BCUT2D eigenvalue weighted by Crippen LogP contribution is 2.31. The van der Waals surface area contributed by atoms with E-state index in [9.17, 15) is 13.2 Å². The molecule has 0 aliphatic carbocycles. The minimum absolute atomic E-state index is 0. The molecule has 166 valence electrons. The average Bonchev–Trinajstić information content (AvgIpc) is 2.72. The molecule has 0 saturated heterocycles. The fourth-order valence-corrected chi connectivity index (χ4v) is 2.96. The molecule has 0 spiro atoms. The first-order valence-electron chi connectivity index (χ1n) is 9.66. The lowest BCUT2D eigenvalue weighted by molar-refractivity contribution is -0.137. The lowest BCUT2D eigenvalue weighted by Gasteiger charge is -2.20. The second kappa shape index (κ2) is 11.6. The summed E-state index contributed by atoms with van der Waals surface area (Å²) in [6.07, 6.45) is 6.97. The van der Waals surface area contributed by atoms with Gasteiger partial charge in [0.25, 0.3) is 0 Å². The van der Waals surface area contributed by atoms with E-state index >= 15 is 0 Å². The molecule has 7 heteroatoms. The van der Waals surface area contributed by atoms with Crippen molar-refractivity contribution in [1.82, 2.24) is 4.90 Å². The standard InChI is InChI=1S/C24H24F3NO2.ClH/c1-28(18-20-10-13-22-23(17-20)30-16-15-29-22)14-6-4-2-3-5-7-19-8-11-21(12-9-19)24(25,26)27;/h2-13,17H,14-16,18H2,1H3;1H/b3-2+,6-4+,7-5+;. The summed E-state index contributed by atoms with van der Waals surface area (Å²) in [7, 11) is 2.04. The van der Waals surface area contributed by atoms with Crippen LogP contribution in [0.5, 0.6) is 11.5 Å². The van der Waals surface area contributed by atoms with Gasteiger partial charge in [0.2, 0.25) is 0 Å². The van der Waals surface area contributed by atoms with Crippen LogP contribution in [0.25, 0.3) is 6.08 Å². The van der Waals surface area contributed by atoms with E-state index in [0.29, 0.717) is 13.2 Å². The van der Waals surface area contributed by atoms with Gasteiger partial charge in [0, 0.05) is 13.1 Å². The monoisotopic (exact) mass is 451 g/mol. The third-order valence-corrected chi connectivity index (χ3v) is 4.47. The van der Waals surface area contributed by atoms with Crippen LogP contribution in [0.3, 0.4) is 0 Å². The number of rotatable bonds is 7. The summed E-state index contributed by atoms with van der Waals surface area (Å²) in [5, 5.41) is 0. The number of hydrogen-bond acceptors (Lipinski definition) is 3. The summed E-state index contributed by atoms with van der Waals surface area (Å²) < 4.78 is 48.8. The van der Waals surface area contributed by atoms with Crippen molar-refractivity contribution >= 4 is 18.5 Å². The van der Waals surface area contributed by atoms with E-state index in [0.717, 1.165) is 47.8 Å². The number of fused-ring (bicyclic) bond motifs is 1. The second-order valence-electron chi connectivity index (χ2n) is 6.97. The van der Waals surface area contributed by atoms with E-state index in [4.69, 9.17) is 9.47 Å². The molecule has 0 aromatic heterocycles. The van der Waals surface area contributed by atoms with Gasteiger partial charge in [-0.1, -0.05) is 54.7 Å². The molecule has 0 saturated carbocycles. The normalized spacial score (nSPS) is 14.0. The quantitative estimate of drug-likeness (QED) is 0.471. The lowest BCUT2D eigenvalue weighted by Crippen LogP contribution is -2.19. The molecule has 0 atom stereocenters. The fourth-order valence-electron chi connectivity index (χ4n) is 2.96. The van der Waals surface area contributed by atoms with Crippen LogP contribution < -0.4 is 9.47 Å². The first kappa shape index (κ1) is 24.6. The Labute approximate surface area is 186 Å². The zero-order valence-electron chi connectivity index (χ0n) is 17.1. The van der Waals surface area contributed by atoms with Gasteiger partial charge < -0.3 is 9.47 Å². The molecule has 0 N–H and O–H groups in total. The Morgan fingerprint density at radius 1 is 0.903 bits per heavy atom. The van der Waals surface area contributed by atoms with Crippen molar-refractivity contribution in [3.63, 3.8) is 0 Å². The van der Waals surface area contributed by atoms with Crippen LogP contribution in [-0.2, 0) is 12.7 Å². The molecule has 31 heavy (non-hydrogen) atoms. The molecule has 0 radical (unpaired) electrons. The first-order chi connectivity index (χ1) is 14.4. The Morgan fingerprint density at radius 2 is 1.58 bits per heavy atom. The number of alkyl halides is 3. The van der Waals surface area contributed by atoms with E-state index in [1.807, 2.05) is 49.6 Å². The highest BCUT2D eigenvalue weighted by molar-refractivity contribution is 5.85. The number of allylic oxidation sites excluding steroid dienone is 4. The molecule has 3 nitrogen and oxygen atoms in total. The van der Waals surface area contributed by atoms with Gasteiger partial charge in [-0.2, -0.15) is 13.2 Å². The highest BCUT2D eigenvalue weighted by atomic mass is 35.5. The minimum atomic E-state index is -4.30. The Morgan fingerprint density at radius 3 is 2.29 bits per heavy atom. The van der Waals surface area contributed by atoms with Crippen molar-refractivity contribution in [3.05, 3.63) is 89.5 Å². The summed E-state index contributed by atoms with van der Waals surface area (Å²) in [4.78, 5) is 2.17. The van der Waals surface area contributed by atoms with Gasteiger partial charge in [0.15, 0.2) is 11.5 Å². The van der Waals surface area contributed by atoms with Crippen molar-refractivity contribution in [2.75, 3.05) is 26.8 Å². The summed E-state index contributed by atoms with van der Waals surface area (Å²) in [6.45, 7) is 2.73. The maximum atomic E-state index is 12.5. The summed E-state index contributed by atoms with van der Waals surface area (Å²) in [5.41, 5.74) is 1.24. The Kier molecular flexibility index (Phi) is 9.21. The molecule has 2 aromatic rings. The topological polar surface area (TPSA) is 21.7 Å². The molecule has 3 rings (SSSR count). The lowest BCUT2D eigenvalue weighted by atomic mass is 10.1. The van der Waals surface area contributed by atoms with E-state index in [2.05, 4.69) is 4.90 Å².